The van der Waals surface area contributed by atoms with Crippen molar-refractivity contribution in [2.75, 3.05) is 24.5 Å². The number of hydrogen-bond donors (Lipinski definition) is 0. The fourth-order valence-electron chi connectivity index (χ4n) is 4.11. The molecule has 1 amide bonds. The molecule has 0 aromatic heterocycles. The van der Waals surface area contributed by atoms with Gasteiger partial charge in [-0.1, -0.05) is 36.8 Å². The van der Waals surface area contributed by atoms with Gasteiger partial charge < -0.3 is 9.64 Å². The van der Waals surface area contributed by atoms with Crippen LogP contribution in [0, 0.1) is 0 Å². The van der Waals surface area contributed by atoms with Gasteiger partial charge in [0, 0.05) is 25.3 Å². The van der Waals surface area contributed by atoms with Gasteiger partial charge in [-0.2, -0.15) is 4.31 Å². The highest BCUT2D eigenvalue weighted by molar-refractivity contribution is 7.89. The normalized spacial score (nSPS) is 18.2. The van der Waals surface area contributed by atoms with Crippen LogP contribution in [0.15, 0.2) is 53.4 Å². The molecule has 2 aromatic rings. The second kappa shape index (κ2) is 8.88. The van der Waals surface area contributed by atoms with Crippen molar-refractivity contribution in [3.05, 3.63) is 59.7 Å². The number of nitrogens with zero attached hydrogens (tertiary/aromatic N) is 2. The number of ether oxygens (including phenoxy) is 1. The lowest BCUT2D eigenvalue weighted by molar-refractivity contribution is -0.129. The van der Waals surface area contributed by atoms with Crippen molar-refractivity contribution in [2.24, 2.45) is 0 Å². The first-order chi connectivity index (χ1) is 14.5. The topological polar surface area (TPSA) is 66.9 Å². The second-order valence-electron chi connectivity index (χ2n) is 7.93. The van der Waals surface area contributed by atoms with E-state index in [2.05, 4.69) is 0 Å². The number of anilines is 1. The molecule has 1 fully saturated rings. The van der Waals surface area contributed by atoms with E-state index in [0.717, 1.165) is 36.1 Å². The molecule has 7 heteroatoms. The predicted molar refractivity (Wildman–Crippen MR) is 116 cm³/mol. The first-order valence-corrected chi connectivity index (χ1v) is 12.0. The van der Waals surface area contributed by atoms with E-state index in [4.69, 9.17) is 4.74 Å². The molecule has 30 heavy (non-hydrogen) atoms. The number of sulfonamides is 1. The lowest BCUT2D eigenvalue weighted by Crippen LogP contribution is -2.38. The highest BCUT2D eigenvalue weighted by Gasteiger charge is 2.31. The number of fused-ring (bicyclic) bond motifs is 1. The lowest BCUT2D eigenvalue weighted by Gasteiger charge is -2.26. The Balaban J connectivity index is 1.45. The summed E-state index contributed by atoms with van der Waals surface area (Å²) in [6.45, 7) is 3.85. The van der Waals surface area contributed by atoms with Gasteiger partial charge in [-0.25, -0.2) is 8.42 Å². The average molecular weight is 429 g/mol. The van der Waals surface area contributed by atoms with Gasteiger partial charge in [0.2, 0.25) is 10.0 Å². The van der Waals surface area contributed by atoms with Crippen LogP contribution in [0.1, 0.15) is 37.3 Å². The largest absolute Gasteiger partial charge is 0.364 e. The lowest BCUT2D eigenvalue weighted by atomic mass is 10.2. The molecule has 2 aromatic carbocycles. The molecule has 1 unspecified atom stereocenters. The van der Waals surface area contributed by atoms with E-state index >= 15 is 0 Å². The number of piperidine rings is 1. The molecule has 0 bridgehead atoms. The maximum Gasteiger partial charge on any atom is 0.255 e. The predicted octanol–water partition coefficient (Wildman–Crippen LogP) is 3.36. The summed E-state index contributed by atoms with van der Waals surface area (Å²) < 4.78 is 33.3. The summed E-state index contributed by atoms with van der Waals surface area (Å²) in [7, 11) is -3.47. The van der Waals surface area contributed by atoms with Crippen molar-refractivity contribution < 1.29 is 17.9 Å². The number of benzene rings is 2. The van der Waals surface area contributed by atoms with E-state index in [9.17, 15) is 13.2 Å². The van der Waals surface area contributed by atoms with E-state index in [1.165, 1.54) is 0 Å². The molecule has 1 saturated heterocycles. The Bertz CT molecular complexity index is 1000. The van der Waals surface area contributed by atoms with E-state index in [1.807, 2.05) is 30.3 Å². The van der Waals surface area contributed by atoms with Crippen molar-refractivity contribution in [3.63, 3.8) is 0 Å². The summed E-state index contributed by atoms with van der Waals surface area (Å²) in [5.41, 5.74) is 2.70. The highest BCUT2D eigenvalue weighted by atomic mass is 32.2. The SMILES string of the molecule is CC(OCc1ccccc1)C(=O)N1CCc2cc(S(=O)(=O)N3CCCCC3)ccc21. The van der Waals surface area contributed by atoms with E-state index in [0.29, 0.717) is 37.6 Å². The third-order valence-corrected chi connectivity index (χ3v) is 7.75. The number of rotatable bonds is 6. The first kappa shape index (κ1) is 21.0. The van der Waals surface area contributed by atoms with E-state index in [1.54, 1.807) is 34.3 Å². The number of carbonyl (C=O) groups is 1. The number of carbonyl (C=O) groups excluding carboxylic acids is 1. The van der Waals surface area contributed by atoms with Crippen LogP contribution in [0.25, 0.3) is 0 Å². The Hall–Kier alpha value is -2.22. The smallest absolute Gasteiger partial charge is 0.255 e. The molecular weight excluding hydrogens is 400 g/mol. The van der Waals surface area contributed by atoms with Gasteiger partial charge in [0.05, 0.1) is 11.5 Å². The molecule has 0 spiro atoms. The molecule has 1 atom stereocenters. The molecule has 2 aliphatic rings. The minimum atomic E-state index is -3.47. The van der Waals surface area contributed by atoms with Gasteiger partial charge in [-0.05, 0) is 55.5 Å². The van der Waals surface area contributed by atoms with Crippen molar-refractivity contribution >= 4 is 21.6 Å². The third-order valence-electron chi connectivity index (χ3n) is 5.86. The second-order valence-corrected chi connectivity index (χ2v) is 9.87. The highest BCUT2D eigenvalue weighted by Crippen LogP contribution is 2.32. The van der Waals surface area contributed by atoms with Crippen molar-refractivity contribution in [3.8, 4) is 0 Å². The maximum absolute atomic E-state index is 13.0. The van der Waals surface area contributed by atoms with E-state index in [-0.39, 0.29) is 5.91 Å². The van der Waals surface area contributed by atoms with Crippen LogP contribution in [0.4, 0.5) is 5.69 Å². The third kappa shape index (κ3) is 4.29. The van der Waals surface area contributed by atoms with Gasteiger partial charge in [-0.15, -0.1) is 0 Å². The maximum atomic E-state index is 13.0. The molecule has 0 saturated carbocycles. The Kier molecular flexibility index (Phi) is 6.22. The molecule has 4 rings (SSSR count). The van der Waals surface area contributed by atoms with Gasteiger partial charge in [0.1, 0.15) is 6.10 Å². The number of amides is 1. The monoisotopic (exact) mass is 428 g/mol. The summed E-state index contributed by atoms with van der Waals surface area (Å²) in [6, 6.07) is 14.9. The van der Waals surface area contributed by atoms with Crippen LogP contribution in [-0.2, 0) is 32.6 Å². The average Bonchev–Trinajstić information content (AvgIpc) is 3.21. The summed E-state index contributed by atoms with van der Waals surface area (Å²) in [5, 5.41) is 0. The fourth-order valence-corrected chi connectivity index (χ4v) is 5.68. The zero-order valence-electron chi connectivity index (χ0n) is 17.3. The first-order valence-electron chi connectivity index (χ1n) is 10.6. The molecule has 160 valence electrons. The van der Waals surface area contributed by atoms with Crippen LogP contribution >= 0.6 is 0 Å². The quantitative estimate of drug-likeness (QED) is 0.708. The fraction of sp³-hybridized carbons (Fsp3) is 0.435. The summed E-state index contributed by atoms with van der Waals surface area (Å²) in [4.78, 5) is 15.0. The summed E-state index contributed by atoms with van der Waals surface area (Å²) in [5.74, 6) is -0.101. The van der Waals surface area contributed by atoms with Crippen LogP contribution in [0.5, 0.6) is 0 Å². The van der Waals surface area contributed by atoms with Gasteiger partial charge in [0.15, 0.2) is 0 Å². The van der Waals surface area contributed by atoms with Gasteiger partial charge in [0.25, 0.3) is 5.91 Å². The Morgan fingerprint density at radius 3 is 2.50 bits per heavy atom. The van der Waals surface area contributed by atoms with Crippen LogP contribution < -0.4 is 4.90 Å². The zero-order valence-corrected chi connectivity index (χ0v) is 18.1. The van der Waals surface area contributed by atoms with Crippen molar-refractivity contribution in [1.82, 2.24) is 4.31 Å². The Morgan fingerprint density at radius 2 is 1.77 bits per heavy atom. The van der Waals surface area contributed by atoms with Crippen LogP contribution in [-0.4, -0.2) is 44.4 Å². The van der Waals surface area contributed by atoms with Crippen LogP contribution in [0.3, 0.4) is 0 Å². The minimum absolute atomic E-state index is 0.101. The Morgan fingerprint density at radius 1 is 1.03 bits per heavy atom. The summed E-state index contributed by atoms with van der Waals surface area (Å²) in [6.07, 6.45) is 2.97. The van der Waals surface area contributed by atoms with Gasteiger partial charge >= 0.3 is 0 Å². The van der Waals surface area contributed by atoms with E-state index < -0.39 is 16.1 Å². The van der Waals surface area contributed by atoms with Crippen molar-refractivity contribution in [1.29, 1.82) is 0 Å². The standard InChI is InChI=1S/C23H28N2O4S/c1-18(29-17-19-8-4-2-5-9-19)23(26)25-15-12-20-16-21(10-11-22(20)25)30(27,28)24-13-6-3-7-14-24/h2,4-5,8-11,16,18H,3,6-7,12-15,17H2,1H3. The molecule has 0 aliphatic carbocycles. The minimum Gasteiger partial charge on any atom is -0.364 e. The molecule has 6 nitrogen and oxygen atoms in total. The molecule has 2 aliphatic heterocycles. The summed E-state index contributed by atoms with van der Waals surface area (Å²) >= 11 is 0. The molecule has 0 radical (unpaired) electrons. The molecule has 2 heterocycles. The zero-order chi connectivity index (χ0) is 21.1. The van der Waals surface area contributed by atoms with Gasteiger partial charge in [-0.3, -0.25) is 4.79 Å². The number of hydrogen-bond acceptors (Lipinski definition) is 4. The van der Waals surface area contributed by atoms with Crippen molar-refractivity contribution in [2.45, 2.75) is 50.2 Å². The molecule has 0 N–H and O–H groups in total. The van der Waals surface area contributed by atoms with Crippen LogP contribution in [0.2, 0.25) is 0 Å². The molecular formula is C23H28N2O4S. The Labute approximate surface area is 178 Å².